The lowest BCUT2D eigenvalue weighted by Gasteiger charge is -2.12. The highest BCUT2D eigenvalue weighted by Gasteiger charge is 2.17. The van der Waals surface area contributed by atoms with Gasteiger partial charge in [0.15, 0.2) is 0 Å². The zero-order valence-corrected chi connectivity index (χ0v) is 20.5. The number of aryl methyl sites for hydroxylation is 1. The molecule has 0 saturated heterocycles. The van der Waals surface area contributed by atoms with E-state index in [-0.39, 0.29) is 0 Å². The molecule has 0 saturated carbocycles. The Bertz CT molecular complexity index is 1310. The van der Waals surface area contributed by atoms with Crippen LogP contribution in [0.15, 0.2) is 84.9 Å². The van der Waals surface area contributed by atoms with Gasteiger partial charge in [-0.2, -0.15) is 5.26 Å². The van der Waals surface area contributed by atoms with Crippen molar-refractivity contribution in [3.8, 4) is 34.3 Å². The topological polar surface area (TPSA) is 79.9 Å². The maximum atomic E-state index is 12.0. The molecule has 6 nitrogen and oxygen atoms in total. The molecule has 0 unspecified atom stereocenters. The lowest BCUT2D eigenvalue weighted by atomic mass is 10.0. The summed E-state index contributed by atoms with van der Waals surface area (Å²) in [6.45, 7) is 3.53. The number of carbonyl (C=O) groups is 1. The number of hydrogen-bond acceptors (Lipinski definition) is 4. The Morgan fingerprint density at radius 1 is 0.889 bits per heavy atom. The van der Waals surface area contributed by atoms with Crippen LogP contribution in [0.2, 0.25) is 0 Å². The van der Waals surface area contributed by atoms with E-state index >= 15 is 0 Å². The number of nitrogens with zero attached hydrogens (tertiary/aromatic N) is 3. The van der Waals surface area contributed by atoms with E-state index in [0.29, 0.717) is 17.9 Å². The summed E-state index contributed by atoms with van der Waals surface area (Å²) in [5, 5.41) is 11.6. The highest BCUT2D eigenvalue weighted by atomic mass is 16.6. The predicted octanol–water partition coefficient (Wildman–Crippen LogP) is 6.75. The van der Waals surface area contributed by atoms with Gasteiger partial charge in [0.05, 0.1) is 23.0 Å². The minimum Gasteiger partial charge on any atom is -0.410 e. The van der Waals surface area contributed by atoms with Crippen LogP contribution >= 0.6 is 0 Å². The van der Waals surface area contributed by atoms with Crippen molar-refractivity contribution in [3.63, 3.8) is 0 Å². The Labute approximate surface area is 212 Å². The number of nitrogens with one attached hydrogen (secondary N) is 1. The van der Waals surface area contributed by atoms with Crippen molar-refractivity contribution in [1.82, 2.24) is 14.9 Å². The van der Waals surface area contributed by atoms with Gasteiger partial charge < -0.3 is 14.6 Å². The average Bonchev–Trinajstić information content (AvgIpc) is 3.25. The van der Waals surface area contributed by atoms with Crippen LogP contribution in [-0.2, 0) is 6.54 Å². The molecule has 0 bridgehead atoms. The van der Waals surface area contributed by atoms with Gasteiger partial charge in [0, 0.05) is 24.2 Å². The second kappa shape index (κ2) is 12.4. The number of rotatable bonds is 10. The Hall–Kier alpha value is -4.37. The minimum absolute atomic E-state index is 0.422. The van der Waals surface area contributed by atoms with Gasteiger partial charge in [0.25, 0.3) is 0 Å². The number of hydrogen-bond donors (Lipinski definition) is 1. The van der Waals surface area contributed by atoms with Crippen LogP contribution in [0, 0.1) is 18.3 Å². The lowest BCUT2D eigenvalue weighted by molar-refractivity contribution is 0.200. The first-order chi connectivity index (χ1) is 17.7. The van der Waals surface area contributed by atoms with E-state index in [4.69, 9.17) is 15.0 Å². The van der Waals surface area contributed by atoms with Crippen molar-refractivity contribution < 1.29 is 9.53 Å². The number of imidazole rings is 1. The SMILES string of the molecule is Cc1nc(-c2ccccc2)c(-c2ccccc2)n1CCCCCCNC(=O)Oc1ccc(C#N)cc1. The first-order valence-corrected chi connectivity index (χ1v) is 12.3. The average molecular weight is 479 g/mol. The molecule has 0 aliphatic carbocycles. The second-order valence-electron chi connectivity index (χ2n) is 8.61. The van der Waals surface area contributed by atoms with Crippen LogP contribution < -0.4 is 10.1 Å². The molecule has 0 aliphatic heterocycles. The van der Waals surface area contributed by atoms with Gasteiger partial charge in [-0.05, 0) is 44.0 Å². The van der Waals surface area contributed by atoms with E-state index < -0.39 is 6.09 Å². The predicted molar refractivity (Wildman–Crippen MR) is 141 cm³/mol. The molecule has 1 N–H and O–H groups in total. The molecule has 1 amide bonds. The molecule has 6 heteroatoms. The van der Waals surface area contributed by atoms with Gasteiger partial charge in [-0.3, -0.25) is 0 Å². The van der Waals surface area contributed by atoms with Crippen molar-refractivity contribution in [2.45, 2.75) is 39.2 Å². The van der Waals surface area contributed by atoms with E-state index in [1.54, 1.807) is 24.3 Å². The quantitative estimate of drug-likeness (QED) is 0.256. The van der Waals surface area contributed by atoms with E-state index in [0.717, 1.165) is 55.0 Å². The maximum absolute atomic E-state index is 12.0. The molecule has 182 valence electrons. The molecule has 36 heavy (non-hydrogen) atoms. The van der Waals surface area contributed by atoms with Crippen LogP contribution in [0.1, 0.15) is 37.1 Å². The third-order valence-corrected chi connectivity index (χ3v) is 6.02. The van der Waals surface area contributed by atoms with Crippen LogP contribution in [0.3, 0.4) is 0 Å². The molecular formula is C30H30N4O2. The van der Waals surface area contributed by atoms with Gasteiger partial charge in [0.1, 0.15) is 11.6 Å². The van der Waals surface area contributed by atoms with Gasteiger partial charge in [0.2, 0.25) is 0 Å². The summed E-state index contributed by atoms with van der Waals surface area (Å²) in [5.74, 6) is 1.44. The molecule has 0 atom stereocenters. The Balaban J connectivity index is 1.27. The fourth-order valence-corrected chi connectivity index (χ4v) is 4.20. The molecule has 0 radical (unpaired) electrons. The van der Waals surface area contributed by atoms with E-state index in [1.165, 1.54) is 5.56 Å². The Morgan fingerprint density at radius 2 is 1.53 bits per heavy atom. The van der Waals surface area contributed by atoms with Crippen molar-refractivity contribution >= 4 is 6.09 Å². The highest BCUT2D eigenvalue weighted by molar-refractivity contribution is 5.79. The number of aromatic nitrogens is 2. The van der Waals surface area contributed by atoms with Crippen LogP contribution in [0.25, 0.3) is 22.5 Å². The van der Waals surface area contributed by atoms with Crippen LogP contribution in [0.5, 0.6) is 5.75 Å². The van der Waals surface area contributed by atoms with Gasteiger partial charge in [-0.25, -0.2) is 9.78 Å². The molecule has 3 aromatic carbocycles. The van der Waals surface area contributed by atoms with E-state index in [1.807, 2.05) is 30.3 Å². The van der Waals surface area contributed by atoms with Gasteiger partial charge >= 0.3 is 6.09 Å². The summed E-state index contributed by atoms with van der Waals surface area (Å²) in [7, 11) is 0. The molecule has 1 heterocycles. The summed E-state index contributed by atoms with van der Waals surface area (Å²) in [6.07, 6.45) is 3.50. The second-order valence-corrected chi connectivity index (χ2v) is 8.61. The van der Waals surface area contributed by atoms with Gasteiger partial charge in [-0.15, -0.1) is 0 Å². The zero-order chi connectivity index (χ0) is 25.2. The van der Waals surface area contributed by atoms with Crippen molar-refractivity contribution in [1.29, 1.82) is 5.26 Å². The molecule has 1 aromatic heterocycles. The zero-order valence-electron chi connectivity index (χ0n) is 20.5. The summed E-state index contributed by atoms with van der Waals surface area (Å²) in [5.41, 5.74) is 5.00. The number of unbranched alkanes of at least 4 members (excludes halogenated alkanes) is 3. The number of amides is 1. The summed E-state index contributed by atoms with van der Waals surface area (Å²) < 4.78 is 7.56. The minimum atomic E-state index is -0.477. The normalized spacial score (nSPS) is 10.6. The third-order valence-electron chi connectivity index (χ3n) is 6.02. The fraction of sp³-hybridized carbons (Fsp3) is 0.233. The number of nitriles is 1. The highest BCUT2D eigenvalue weighted by Crippen LogP contribution is 2.33. The fourth-order valence-electron chi connectivity index (χ4n) is 4.20. The van der Waals surface area contributed by atoms with Gasteiger partial charge in [-0.1, -0.05) is 73.5 Å². The standard InChI is InChI=1S/C30H30N4O2/c1-23-33-28(25-12-6-4-7-13-25)29(26-14-8-5-9-15-26)34(23)21-11-3-2-10-20-32-30(35)36-27-18-16-24(22-31)17-19-27/h4-9,12-19H,2-3,10-11,20-21H2,1H3,(H,32,35). The van der Waals surface area contributed by atoms with Crippen molar-refractivity contribution in [2.24, 2.45) is 0 Å². The van der Waals surface area contributed by atoms with E-state index in [9.17, 15) is 4.79 Å². The number of ether oxygens (including phenoxy) is 1. The monoisotopic (exact) mass is 478 g/mol. The molecule has 4 rings (SSSR count). The smallest absolute Gasteiger partial charge is 0.410 e. The molecule has 0 spiro atoms. The third kappa shape index (κ3) is 6.39. The summed E-state index contributed by atoms with van der Waals surface area (Å²) in [4.78, 5) is 16.9. The number of carbonyl (C=O) groups excluding carboxylic acids is 1. The first-order valence-electron chi connectivity index (χ1n) is 12.3. The van der Waals surface area contributed by atoms with E-state index in [2.05, 4.69) is 53.2 Å². The van der Waals surface area contributed by atoms with Crippen molar-refractivity contribution in [2.75, 3.05) is 6.54 Å². The summed E-state index contributed by atoms with van der Waals surface area (Å²) >= 11 is 0. The largest absolute Gasteiger partial charge is 0.412 e. The molecule has 4 aromatic rings. The Kier molecular flexibility index (Phi) is 8.50. The lowest BCUT2D eigenvalue weighted by Crippen LogP contribution is -2.27. The Morgan fingerprint density at radius 3 is 2.19 bits per heavy atom. The van der Waals surface area contributed by atoms with Crippen LogP contribution in [-0.4, -0.2) is 22.2 Å². The maximum Gasteiger partial charge on any atom is 0.412 e. The first kappa shape index (κ1) is 24.7. The van der Waals surface area contributed by atoms with Crippen molar-refractivity contribution in [3.05, 3.63) is 96.3 Å². The molecule has 0 aliphatic rings. The molecular weight excluding hydrogens is 448 g/mol. The molecule has 0 fully saturated rings. The van der Waals surface area contributed by atoms with Crippen LogP contribution in [0.4, 0.5) is 4.79 Å². The summed E-state index contributed by atoms with van der Waals surface area (Å²) in [6, 6.07) is 29.3. The number of benzene rings is 3.